The predicted octanol–water partition coefficient (Wildman–Crippen LogP) is 1.66. The number of carbonyl (C=O) groups is 1. The van der Waals surface area contributed by atoms with Crippen LogP contribution in [0.3, 0.4) is 0 Å². The van der Waals surface area contributed by atoms with Crippen LogP contribution in [0.1, 0.15) is 16.1 Å². The average molecular weight is 202 g/mol. The number of hydrogen-bond acceptors (Lipinski definition) is 1. The number of H-pyrrole nitrogens is 1. The number of aromatic amines is 1. The smallest absolute Gasteiger partial charge is 0.255 e. The molecule has 1 rings (SSSR count). The standard InChI is InChI=1S/C9H12F2N2O/c1-6-7(3-4-12-6)9(14)13(2)5-8(10)11/h3-4,8,12H,5H2,1-2H3. The van der Waals surface area contributed by atoms with E-state index in [1.807, 2.05) is 0 Å². The molecule has 14 heavy (non-hydrogen) atoms. The van der Waals surface area contributed by atoms with Crippen molar-refractivity contribution < 1.29 is 13.6 Å². The van der Waals surface area contributed by atoms with Gasteiger partial charge in [0.2, 0.25) is 0 Å². The Morgan fingerprint density at radius 3 is 2.71 bits per heavy atom. The summed E-state index contributed by atoms with van der Waals surface area (Å²) in [6.45, 7) is 1.19. The lowest BCUT2D eigenvalue weighted by atomic mass is 10.2. The lowest BCUT2D eigenvalue weighted by molar-refractivity contribution is 0.0620. The molecular weight excluding hydrogens is 190 g/mol. The number of aryl methyl sites for hydroxylation is 1. The van der Waals surface area contributed by atoms with Crippen molar-refractivity contribution in [2.75, 3.05) is 13.6 Å². The van der Waals surface area contributed by atoms with Gasteiger partial charge < -0.3 is 9.88 Å². The van der Waals surface area contributed by atoms with Gasteiger partial charge in [0.1, 0.15) is 0 Å². The van der Waals surface area contributed by atoms with Gasteiger partial charge in [-0.15, -0.1) is 0 Å². The number of nitrogens with one attached hydrogen (secondary N) is 1. The van der Waals surface area contributed by atoms with E-state index in [0.717, 1.165) is 4.90 Å². The number of rotatable bonds is 3. The Labute approximate surface area is 80.7 Å². The minimum atomic E-state index is -2.50. The lowest BCUT2D eigenvalue weighted by Gasteiger charge is -2.15. The van der Waals surface area contributed by atoms with Crippen LogP contribution >= 0.6 is 0 Å². The maximum atomic E-state index is 12.0. The van der Waals surface area contributed by atoms with Crippen LogP contribution in [0.4, 0.5) is 8.78 Å². The molecular formula is C9H12F2N2O. The van der Waals surface area contributed by atoms with Crippen molar-refractivity contribution in [3.63, 3.8) is 0 Å². The van der Waals surface area contributed by atoms with Crippen molar-refractivity contribution in [3.8, 4) is 0 Å². The monoisotopic (exact) mass is 202 g/mol. The zero-order valence-corrected chi connectivity index (χ0v) is 8.05. The van der Waals surface area contributed by atoms with E-state index in [1.165, 1.54) is 7.05 Å². The Hall–Kier alpha value is -1.39. The van der Waals surface area contributed by atoms with E-state index < -0.39 is 13.0 Å². The summed E-state index contributed by atoms with van der Waals surface area (Å²) < 4.78 is 24.0. The van der Waals surface area contributed by atoms with Crippen LogP contribution in [0.15, 0.2) is 12.3 Å². The van der Waals surface area contributed by atoms with Gasteiger partial charge in [0.05, 0.1) is 12.1 Å². The van der Waals surface area contributed by atoms with Gasteiger partial charge in [-0.2, -0.15) is 0 Å². The van der Waals surface area contributed by atoms with E-state index in [1.54, 1.807) is 19.2 Å². The molecule has 1 heterocycles. The first-order valence-corrected chi connectivity index (χ1v) is 4.20. The fourth-order valence-electron chi connectivity index (χ4n) is 1.18. The maximum absolute atomic E-state index is 12.0. The lowest BCUT2D eigenvalue weighted by Crippen LogP contribution is -2.31. The molecule has 3 nitrogen and oxygen atoms in total. The van der Waals surface area contributed by atoms with Crippen molar-refractivity contribution in [1.29, 1.82) is 0 Å². The first kappa shape index (κ1) is 10.7. The second-order valence-electron chi connectivity index (χ2n) is 3.09. The number of amides is 1. The number of hydrogen-bond donors (Lipinski definition) is 1. The molecule has 0 radical (unpaired) electrons. The number of nitrogens with zero attached hydrogens (tertiary/aromatic N) is 1. The zero-order chi connectivity index (χ0) is 10.7. The van der Waals surface area contributed by atoms with Crippen LogP contribution in [-0.4, -0.2) is 35.8 Å². The van der Waals surface area contributed by atoms with Crippen LogP contribution in [0, 0.1) is 6.92 Å². The first-order valence-electron chi connectivity index (χ1n) is 4.20. The summed E-state index contributed by atoms with van der Waals surface area (Å²) in [5, 5.41) is 0. The Bertz CT molecular complexity index is 322. The molecule has 1 aromatic heterocycles. The van der Waals surface area contributed by atoms with E-state index in [-0.39, 0.29) is 5.91 Å². The van der Waals surface area contributed by atoms with Crippen molar-refractivity contribution in [1.82, 2.24) is 9.88 Å². The summed E-state index contributed by atoms with van der Waals surface area (Å²) >= 11 is 0. The van der Waals surface area contributed by atoms with E-state index >= 15 is 0 Å². The van der Waals surface area contributed by atoms with Crippen molar-refractivity contribution >= 4 is 5.91 Å². The third-order valence-corrected chi connectivity index (χ3v) is 1.94. The molecule has 0 saturated heterocycles. The number of aromatic nitrogens is 1. The first-order chi connectivity index (χ1) is 6.52. The highest BCUT2D eigenvalue weighted by Crippen LogP contribution is 2.09. The molecule has 0 spiro atoms. The van der Waals surface area contributed by atoms with Gasteiger partial charge in [-0.1, -0.05) is 0 Å². The molecule has 0 saturated carbocycles. The molecule has 1 aromatic rings. The molecule has 0 aliphatic rings. The van der Waals surface area contributed by atoms with Crippen LogP contribution < -0.4 is 0 Å². The summed E-state index contributed by atoms with van der Waals surface area (Å²) in [6.07, 6.45) is -0.887. The molecule has 0 unspecified atom stereocenters. The molecule has 0 fully saturated rings. The van der Waals surface area contributed by atoms with Crippen LogP contribution in [0.2, 0.25) is 0 Å². The molecule has 0 bridgehead atoms. The molecule has 1 amide bonds. The highest BCUT2D eigenvalue weighted by Gasteiger charge is 2.17. The maximum Gasteiger partial charge on any atom is 0.255 e. The molecule has 0 atom stereocenters. The molecule has 1 N–H and O–H groups in total. The van der Waals surface area contributed by atoms with E-state index in [9.17, 15) is 13.6 Å². The number of halogens is 2. The molecule has 0 aromatic carbocycles. The van der Waals surface area contributed by atoms with Crippen molar-refractivity contribution in [2.45, 2.75) is 13.3 Å². The van der Waals surface area contributed by atoms with Crippen LogP contribution in [0.5, 0.6) is 0 Å². The fraction of sp³-hybridized carbons (Fsp3) is 0.444. The number of carbonyl (C=O) groups excluding carboxylic acids is 1. The third-order valence-electron chi connectivity index (χ3n) is 1.94. The van der Waals surface area contributed by atoms with E-state index in [2.05, 4.69) is 4.98 Å². The molecule has 78 valence electrons. The third kappa shape index (κ3) is 2.31. The van der Waals surface area contributed by atoms with Gasteiger partial charge in [-0.25, -0.2) is 8.78 Å². The Balaban J connectivity index is 2.71. The second-order valence-corrected chi connectivity index (χ2v) is 3.09. The quantitative estimate of drug-likeness (QED) is 0.795. The highest BCUT2D eigenvalue weighted by atomic mass is 19.3. The Kier molecular flexibility index (Phi) is 3.22. The largest absolute Gasteiger partial charge is 0.365 e. The predicted molar refractivity (Wildman–Crippen MR) is 48.5 cm³/mol. The molecule has 0 aliphatic heterocycles. The topological polar surface area (TPSA) is 36.1 Å². The van der Waals surface area contributed by atoms with E-state index in [0.29, 0.717) is 11.3 Å². The van der Waals surface area contributed by atoms with E-state index in [4.69, 9.17) is 0 Å². The average Bonchev–Trinajstić information content (AvgIpc) is 2.48. The van der Waals surface area contributed by atoms with Gasteiger partial charge in [-0.05, 0) is 13.0 Å². The summed E-state index contributed by atoms with van der Waals surface area (Å²) in [4.78, 5) is 15.4. The van der Waals surface area contributed by atoms with Crippen molar-refractivity contribution in [3.05, 3.63) is 23.5 Å². The van der Waals surface area contributed by atoms with Gasteiger partial charge in [0, 0.05) is 18.9 Å². The van der Waals surface area contributed by atoms with Gasteiger partial charge in [0.15, 0.2) is 0 Å². The summed E-state index contributed by atoms with van der Waals surface area (Å²) in [7, 11) is 1.36. The van der Waals surface area contributed by atoms with Crippen LogP contribution in [-0.2, 0) is 0 Å². The summed E-state index contributed by atoms with van der Waals surface area (Å²) in [6, 6.07) is 1.58. The Morgan fingerprint density at radius 1 is 1.64 bits per heavy atom. The minimum absolute atomic E-state index is 0.385. The molecule has 5 heteroatoms. The van der Waals surface area contributed by atoms with Gasteiger partial charge in [0.25, 0.3) is 12.3 Å². The fourth-order valence-corrected chi connectivity index (χ4v) is 1.18. The van der Waals surface area contributed by atoms with Crippen molar-refractivity contribution in [2.24, 2.45) is 0 Å². The van der Waals surface area contributed by atoms with Gasteiger partial charge >= 0.3 is 0 Å². The number of alkyl halides is 2. The zero-order valence-electron chi connectivity index (χ0n) is 8.05. The second kappa shape index (κ2) is 4.21. The summed E-state index contributed by atoms with van der Waals surface area (Å²) in [5.41, 5.74) is 1.13. The minimum Gasteiger partial charge on any atom is -0.365 e. The summed E-state index contributed by atoms with van der Waals surface area (Å²) in [5.74, 6) is -0.385. The highest BCUT2D eigenvalue weighted by molar-refractivity contribution is 5.95. The van der Waals surface area contributed by atoms with Gasteiger partial charge in [-0.3, -0.25) is 4.79 Å². The SMILES string of the molecule is Cc1[nH]ccc1C(=O)N(C)CC(F)F. The Morgan fingerprint density at radius 2 is 2.29 bits per heavy atom. The normalized spacial score (nSPS) is 10.6. The molecule has 0 aliphatic carbocycles. The van der Waals surface area contributed by atoms with Crippen LogP contribution in [0.25, 0.3) is 0 Å².